The van der Waals surface area contributed by atoms with Gasteiger partial charge in [-0.2, -0.15) is 0 Å². The first-order chi connectivity index (χ1) is 11.5. The molecule has 0 aliphatic carbocycles. The standard InChI is InChI=1S/C17H27FN4O2/c1-3-22(7-6-17(2)23-8-9-24-17)16-5-4-14(10-15(16)18)21-12-13(20)11-19/h4-5,10,12,21H,3,6-9,11,19-20H2,1-2H3/b13-12-. The second-order valence-corrected chi connectivity index (χ2v) is 5.89. The molecule has 134 valence electrons. The van der Waals surface area contributed by atoms with Gasteiger partial charge < -0.3 is 31.2 Å². The Morgan fingerprint density at radius 3 is 2.71 bits per heavy atom. The molecule has 1 fully saturated rings. The van der Waals surface area contributed by atoms with E-state index in [0.717, 1.165) is 0 Å². The van der Waals surface area contributed by atoms with Crippen LogP contribution in [0.25, 0.3) is 0 Å². The van der Waals surface area contributed by atoms with Crippen LogP contribution in [-0.2, 0) is 9.47 Å². The van der Waals surface area contributed by atoms with E-state index in [-0.39, 0.29) is 12.4 Å². The van der Waals surface area contributed by atoms with Crippen molar-refractivity contribution in [1.29, 1.82) is 0 Å². The normalized spacial score (nSPS) is 17.1. The van der Waals surface area contributed by atoms with Crippen LogP contribution in [-0.4, -0.2) is 38.6 Å². The van der Waals surface area contributed by atoms with Gasteiger partial charge in [0.15, 0.2) is 5.79 Å². The van der Waals surface area contributed by atoms with Gasteiger partial charge in [0.25, 0.3) is 0 Å². The van der Waals surface area contributed by atoms with Crippen molar-refractivity contribution in [2.45, 2.75) is 26.1 Å². The number of nitrogens with two attached hydrogens (primary N) is 2. The van der Waals surface area contributed by atoms with Crippen molar-refractivity contribution >= 4 is 11.4 Å². The molecule has 0 atom stereocenters. The fourth-order valence-electron chi connectivity index (χ4n) is 2.58. The van der Waals surface area contributed by atoms with Crippen molar-refractivity contribution < 1.29 is 13.9 Å². The van der Waals surface area contributed by atoms with Crippen LogP contribution in [0.3, 0.4) is 0 Å². The van der Waals surface area contributed by atoms with Gasteiger partial charge in [0.2, 0.25) is 0 Å². The minimum Gasteiger partial charge on any atom is -0.400 e. The highest BCUT2D eigenvalue weighted by Gasteiger charge is 2.31. The highest BCUT2D eigenvalue weighted by Crippen LogP contribution is 2.27. The van der Waals surface area contributed by atoms with E-state index in [1.807, 2.05) is 24.8 Å². The summed E-state index contributed by atoms with van der Waals surface area (Å²) in [6.07, 6.45) is 2.25. The van der Waals surface area contributed by atoms with Gasteiger partial charge in [-0.15, -0.1) is 0 Å². The Kier molecular flexibility index (Phi) is 6.42. The first kappa shape index (κ1) is 18.5. The van der Waals surface area contributed by atoms with Crippen molar-refractivity contribution in [3.8, 4) is 0 Å². The van der Waals surface area contributed by atoms with Crippen LogP contribution in [0.1, 0.15) is 20.3 Å². The molecule has 0 bridgehead atoms. The van der Waals surface area contributed by atoms with E-state index < -0.39 is 5.79 Å². The van der Waals surface area contributed by atoms with Crippen molar-refractivity contribution in [3.05, 3.63) is 35.9 Å². The quantitative estimate of drug-likeness (QED) is 0.672. The van der Waals surface area contributed by atoms with Gasteiger partial charge in [0.05, 0.1) is 18.9 Å². The van der Waals surface area contributed by atoms with E-state index in [4.69, 9.17) is 20.9 Å². The van der Waals surface area contributed by atoms with Crippen LogP contribution >= 0.6 is 0 Å². The lowest BCUT2D eigenvalue weighted by Gasteiger charge is -2.29. The maximum atomic E-state index is 14.5. The Bertz CT molecular complexity index is 574. The van der Waals surface area contributed by atoms with Crippen LogP contribution in [0.5, 0.6) is 0 Å². The Morgan fingerprint density at radius 2 is 2.12 bits per heavy atom. The zero-order valence-corrected chi connectivity index (χ0v) is 14.3. The lowest BCUT2D eigenvalue weighted by atomic mass is 10.2. The molecular weight excluding hydrogens is 311 g/mol. The van der Waals surface area contributed by atoms with Crippen LogP contribution in [0.4, 0.5) is 15.8 Å². The Balaban J connectivity index is 2.02. The number of nitrogens with one attached hydrogen (secondary N) is 1. The van der Waals surface area contributed by atoms with Gasteiger partial charge >= 0.3 is 0 Å². The fraction of sp³-hybridized carbons (Fsp3) is 0.529. The molecule has 0 unspecified atom stereocenters. The second-order valence-electron chi connectivity index (χ2n) is 5.89. The molecule has 1 aromatic rings. The maximum Gasteiger partial charge on any atom is 0.167 e. The SMILES string of the molecule is CCN(CCC1(C)OCCO1)c1ccc(N/C=C(\N)CN)cc1F. The van der Waals surface area contributed by atoms with Gasteiger partial charge in [0.1, 0.15) is 5.82 Å². The van der Waals surface area contributed by atoms with Gasteiger partial charge in [-0.05, 0) is 32.0 Å². The minimum absolute atomic E-state index is 0.250. The lowest BCUT2D eigenvalue weighted by molar-refractivity contribution is -0.144. The molecule has 5 N–H and O–H groups in total. The number of anilines is 2. The molecule has 0 saturated carbocycles. The van der Waals surface area contributed by atoms with Gasteiger partial charge in [-0.1, -0.05) is 0 Å². The molecule has 0 amide bonds. The second kappa shape index (κ2) is 8.32. The molecule has 0 spiro atoms. The van der Waals surface area contributed by atoms with Crippen LogP contribution in [0.15, 0.2) is 30.1 Å². The minimum atomic E-state index is -0.573. The highest BCUT2D eigenvalue weighted by atomic mass is 19.1. The van der Waals surface area contributed by atoms with E-state index >= 15 is 0 Å². The van der Waals surface area contributed by atoms with E-state index in [2.05, 4.69) is 5.32 Å². The van der Waals surface area contributed by atoms with E-state index in [0.29, 0.717) is 49.8 Å². The molecule has 1 aromatic carbocycles. The van der Waals surface area contributed by atoms with Gasteiger partial charge in [-0.3, -0.25) is 0 Å². The molecule has 6 nitrogen and oxygen atoms in total. The predicted molar refractivity (Wildman–Crippen MR) is 94.2 cm³/mol. The van der Waals surface area contributed by atoms with Gasteiger partial charge in [0, 0.05) is 43.6 Å². The average Bonchev–Trinajstić information content (AvgIpc) is 3.01. The summed E-state index contributed by atoms with van der Waals surface area (Å²) in [6.45, 7) is 6.73. The Morgan fingerprint density at radius 1 is 1.42 bits per heavy atom. The molecule has 1 aliphatic heterocycles. The fourth-order valence-corrected chi connectivity index (χ4v) is 2.58. The number of ether oxygens (including phenoxy) is 2. The van der Waals surface area contributed by atoms with Crippen LogP contribution < -0.4 is 21.7 Å². The third kappa shape index (κ3) is 4.83. The molecule has 0 radical (unpaired) electrons. The molecule has 1 heterocycles. The highest BCUT2D eigenvalue weighted by molar-refractivity contribution is 5.57. The van der Waals surface area contributed by atoms with Crippen molar-refractivity contribution in [1.82, 2.24) is 0 Å². The van der Waals surface area contributed by atoms with Crippen LogP contribution in [0.2, 0.25) is 0 Å². The summed E-state index contributed by atoms with van der Waals surface area (Å²) in [5.41, 5.74) is 12.7. The zero-order valence-electron chi connectivity index (χ0n) is 14.3. The summed E-state index contributed by atoms with van der Waals surface area (Å²) in [5, 5.41) is 2.94. The summed E-state index contributed by atoms with van der Waals surface area (Å²) >= 11 is 0. The summed E-state index contributed by atoms with van der Waals surface area (Å²) in [5.74, 6) is -0.865. The first-order valence-electron chi connectivity index (χ1n) is 8.21. The molecule has 2 rings (SSSR count). The van der Waals surface area contributed by atoms with Crippen molar-refractivity contribution in [2.75, 3.05) is 43.1 Å². The monoisotopic (exact) mass is 338 g/mol. The Hall–Kier alpha value is -1.83. The Labute approximate surface area is 142 Å². The summed E-state index contributed by atoms with van der Waals surface area (Å²) in [6, 6.07) is 5.01. The third-order valence-electron chi connectivity index (χ3n) is 4.06. The average molecular weight is 338 g/mol. The van der Waals surface area contributed by atoms with E-state index in [1.54, 1.807) is 12.3 Å². The smallest absolute Gasteiger partial charge is 0.167 e. The first-order valence-corrected chi connectivity index (χ1v) is 8.21. The molecule has 1 saturated heterocycles. The topological polar surface area (TPSA) is 85.8 Å². The van der Waals surface area contributed by atoms with E-state index in [1.165, 1.54) is 6.07 Å². The summed E-state index contributed by atoms with van der Waals surface area (Å²) < 4.78 is 25.7. The third-order valence-corrected chi connectivity index (χ3v) is 4.06. The van der Waals surface area contributed by atoms with E-state index in [9.17, 15) is 4.39 Å². The molecule has 7 heteroatoms. The van der Waals surface area contributed by atoms with Crippen molar-refractivity contribution in [2.24, 2.45) is 11.5 Å². The molecular formula is C17H27FN4O2. The van der Waals surface area contributed by atoms with Crippen LogP contribution in [0, 0.1) is 5.82 Å². The number of rotatable bonds is 8. The number of benzene rings is 1. The maximum absolute atomic E-state index is 14.5. The van der Waals surface area contributed by atoms with Gasteiger partial charge in [-0.25, -0.2) is 4.39 Å². The lowest BCUT2D eigenvalue weighted by Crippen LogP contribution is -2.34. The van der Waals surface area contributed by atoms with Crippen molar-refractivity contribution in [3.63, 3.8) is 0 Å². The largest absolute Gasteiger partial charge is 0.400 e. The molecule has 0 aromatic heterocycles. The number of halogens is 1. The summed E-state index contributed by atoms with van der Waals surface area (Å²) in [4.78, 5) is 1.97. The predicted octanol–water partition coefficient (Wildman–Crippen LogP) is 1.98. The number of hydrogen-bond donors (Lipinski definition) is 3. The molecule has 1 aliphatic rings. The molecule has 24 heavy (non-hydrogen) atoms. The number of hydrogen-bond acceptors (Lipinski definition) is 6. The summed E-state index contributed by atoms with van der Waals surface area (Å²) in [7, 11) is 0. The zero-order chi connectivity index (χ0) is 17.6. The number of nitrogens with zero attached hydrogens (tertiary/aromatic N) is 1.